The molecule has 0 aliphatic rings. The van der Waals surface area contributed by atoms with E-state index >= 15 is 0 Å². The second-order valence-electron chi connectivity index (χ2n) is 8.54. The highest BCUT2D eigenvalue weighted by Crippen LogP contribution is 2.32. The van der Waals surface area contributed by atoms with Gasteiger partial charge in [0.05, 0.1) is 22.5 Å². The molecule has 0 saturated heterocycles. The van der Waals surface area contributed by atoms with Crippen LogP contribution in [0.4, 0.5) is 27.9 Å². The van der Waals surface area contributed by atoms with Gasteiger partial charge in [-0.05, 0) is 36.2 Å². The molecule has 11 nitrogen and oxygen atoms in total. The lowest BCUT2D eigenvalue weighted by Crippen LogP contribution is -2.27. The molecule has 0 unspecified atom stereocenters. The second-order valence-corrected chi connectivity index (χ2v) is 9.56. The fourth-order valence-corrected chi connectivity index (χ4v) is 3.17. The van der Waals surface area contributed by atoms with Crippen molar-refractivity contribution in [2.24, 2.45) is 5.92 Å². The lowest BCUT2D eigenvalue weighted by atomic mass is 10.1. The van der Waals surface area contributed by atoms with Crippen molar-refractivity contribution in [1.29, 1.82) is 0 Å². The van der Waals surface area contributed by atoms with E-state index in [4.69, 9.17) is 19.2 Å². The molecule has 3 rings (SSSR count). The van der Waals surface area contributed by atoms with Crippen LogP contribution in [0, 0.1) is 12.8 Å². The maximum atomic E-state index is 13.5. The summed E-state index contributed by atoms with van der Waals surface area (Å²) < 4.78 is 74.2. The van der Waals surface area contributed by atoms with Gasteiger partial charge in [-0.2, -0.15) is 13.2 Å². The minimum Gasteiger partial charge on any atom is -0.352 e. The van der Waals surface area contributed by atoms with Gasteiger partial charge in [-0.1, -0.05) is 26.0 Å². The molecule has 0 spiro atoms. The summed E-state index contributed by atoms with van der Waals surface area (Å²) >= 11 is 0. The Hall–Kier alpha value is -3.72. The number of aryl methyl sites for hydroxylation is 1. The molecule has 0 bridgehead atoms. The van der Waals surface area contributed by atoms with Crippen LogP contribution in [0.25, 0.3) is 11.3 Å². The molecule has 2 aromatic heterocycles. The Morgan fingerprint density at radius 1 is 1.10 bits per heavy atom. The van der Waals surface area contributed by atoms with E-state index in [0.29, 0.717) is 22.5 Å². The summed E-state index contributed by atoms with van der Waals surface area (Å²) in [6.07, 6.45) is -6.36. The smallest absolute Gasteiger partial charge is 0.352 e. The van der Waals surface area contributed by atoms with Gasteiger partial charge in [0.1, 0.15) is 5.69 Å². The molecular formula is C23H25F5N5O6P. The number of rotatable bonds is 7. The quantitative estimate of drug-likeness (QED) is 0.173. The van der Waals surface area contributed by atoms with Gasteiger partial charge in [0, 0.05) is 18.7 Å². The first-order valence-electron chi connectivity index (χ1n) is 11.2. The van der Waals surface area contributed by atoms with Gasteiger partial charge in [-0.3, -0.25) is 19.9 Å². The van der Waals surface area contributed by atoms with Gasteiger partial charge in [-0.15, -0.1) is 0 Å². The lowest BCUT2D eigenvalue weighted by Gasteiger charge is -2.11. The maximum Gasteiger partial charge on any atom is 0.466 e. The van der Waals surface area contributed by atoms with Crippen molar-refractivity contribution in [1.82, 2.24) is 20.3 Å². The predicted molar refractivity (Wildman–Crippen MR) is 132 cm³/mol. The van der Waals surface area contributed by atoms with E-state index in [1.807, 2.05) is 0 Å². The van der Waals surface area contributed by atoms with Gasteiger partial charge < -0.3 is 25.0 Å². The second kappa shape index (κ2) is 13.1. The van der Waals surface area contributed by atoms with Crippen molar-refractivity contribution < 1.29 is 50.8 Å². The van der Waals surface area contributed by atoms with Crippen molar-refractivity contribution in [2.45, 2.75) is 39.9 Å². The molecule has 0 aliphatic carbocycles. The lowest BCUT2D eigenvalue weighted by molar-refractivity contribution is -0.137. The molecule has 0 fully saturated rings. The number of imidazole rings is 1. The summed E-state index contributed by atoms with van der Waals surface area (Å²) in [6, 6.07) is 5.54. The van der Waals surface area contributed by atoms with E-state index in [2.05, 4.69) is 25.6 Å². The highest BCUT2D eigenvalue weighted by Gasteiger charge is 2.30. The predicted octanol–water partition coefficient (Wildman–Crippen LogP) is 4.33. The van der Waals surface area contributed by atoms with Gasteiger partial charge in [-0.25, -0.2) is 18.3 Å². The number of H-pyrrole nitrogens is 1. The monoisotopic (exact) mass is 593 g/mol. The van der Waals surface area contributed by atoms with Gasteiger partial charge >= 0.3 is 14.0 Å². The van der Waals surface area contributed by atoms with Crippen LogP contribution < -0.4 is 10.6 Å². The fourth-order valence-electron chi connectivity index (χ4n) is 3.17. The average Bonchev–Trinajstić information content (AvgIpc) is 3.20. The van der Waals surface area contributed by atoms with E-state index in [1.165, 1.54) is 18.2 Å². The average molecular weight is 593 g/mol. The Morgan fingerprint density at radius 3 is 2.17 bits per heavy atom. The van der Waals surface area contributed by atoms with E-state index < -0.39 is 43.2 Å². The number of nitrogens with zero attached hydrogens (tertiary/aromatic N) is 2. The number of phosphoric acid groups is 1. The summed E-state index contributed by atoms with van der Waals surface area (Å²) in [5.41, 5.74) is -0.503. The Balaban J connectivity index is 0.00000103. The number of carbonyl (C=O) groups excluding carboxylic acids is 2. The number of amides is 2. The van der Waals surface area contributed by atoms with Crippen LogP contribution in [0.5, 0.6) is 0 Å². The number of carbonyl (C=O) groups is 2. The van der Waals surface area contributed by atoms with Crippen molar-refractivity contribution in [3.63, 3.8) is 0 Å². The topological polar surface area (TPSA) is 178 Å². The normalized spacial score (nSPS) is 11.7. The Morgan fingerprint density at radius 2 is 1.68 bits per heavy atom. The van der Waals surface area contributed by atoms with Gasteiger partial charge in [0.15, 0.2) is 0 Å². The Labute approximate surface area is 224 Å². The molecular weight excluding hydrogens is 568 g/mol. The number of halogens is 5. The SMILES string of the molecule is Cc1nc(NC(=O)c2cc(CNC(=O)C(C)C)cnc2C(F)F)[nH]c1-c1ccc(C(F)(F)F)cc1.O=P(O)(O)O. The molecule has 1 aromatic carbocycles. The van der Waals surface area contributed by atoms with E-state index in [1.54, 1.807) is 20.8 Å². The van der Waals surface area contributed by atoms with Crippen LogP contribution in [0.15, 0.2) is 36.5 Å². The number of benzene rings is 1. The van der Waals surface area contributed by atoms with Crippen LogP contribution in [0.2, 0.25) is 0 Å². The van der Waals surface area contributed by atoms with Crippen LogP contribution in [-0.2, 0) is 22.1 Å². The first-order valence-corrected chi connectivity index (χ1v) is 12.8. The zero-order valence-electron chi connectivity index (χ0n) is 21.1. The van der Waals surface area contributed by atoms with Gasteiger partial charge in [0.25, 0.3) is 12.3 Å². The molecule has 0 radical (unpaired) electrons. The molecule has 0 atom stereocenters. The molecule has 2 heterocycles. The maximum absolute atomic E-state index is 13.5. The number of pyridine rings is 1. The van der Waals surface area contributed by atoms with E-state index in [-0.39, 0.29) is 24.3 Å². The zero-order chi connectivity index (χ0) is 30.4. The van der Waals surface area contributed by atoms with Crippen molar-refractivity contribution in [3.05, 3.63) is 64.6 Å². The van der Waals surface area contributed by atoms with Crippen molar-refractivity contribution in [2.75, 3.05) is 5.32 Å². The fraction of sp³-hybridized carbons (Fsp3) is 0.304. The number of anilines is 1. The molecule has 40 heavy (non-hydrogen) atoms. The van der Waals surface area contributed by atoms with Crippen LogP contribution in [0.3, 0.4) is 0 Å². The van der Waals surface area contributed by atoms with E-state index in [0.717, 1.165) is 18.3 Å². The number of hydrogen-bond acceptors (Lipinski definition) is 5. The molecule has 17 heteroatoms. The molecule has 218 valence electrons. The molecule has 2 amide bonds. The zero-order valence-corrected chi connectivity index (χ0v) is 22.0. The molecule has 0 aliphatic heterocycles. The summed E-state index contributed by atoms with van der Waals surface area (Å²) in [4.78, 5) is 56.7. The minimum absolute atomic E-state index is 0.00819. The highest BCUT2D eigenvalue weighted by atomic mass is 31.2. The third-order valence-corrected chi connectivity index (χ3v) is 5.04. The third-order valence-electron chi connectivity index (χ3n) is 5.04. The summed E-state index contributed by atoms with van der Waals surface area (Å²) in [5.74, 6) is -1.54. The number of alkyl halides is 5. The standard InChI is InChI=1S/C23H22F5N5O2.H3O4P/c1-11(2)20(34)30-10-13-8-16(18(19(24)25)29-9-13)21(35)33-22-31-12(3)17(32-22)14-4-6-15(7-5-14)23(26,27)28;1-5(2,3)4/h4-9,11,19H,10H2,1-3H3,(H,30,34)(H2,31,32,33,35);(H3,1,2,3,4). The largest absolute Gasteiger partial charge is 0.466 e. The molecule has 3 aromatic rings. The van der Waals surface area contributed by atoms with Crippen molar-refractivity contribution >= 4 is 25.6 Å². The Kier molecular flexibility index (Phi) is 10.6. The Bertz CT molecular complexity index is 1380. The van der Waals surface area contributed by atoms with Crippen LogP contribution in [0.1, 0.15) is 53.1 Å². The van der Waals surface area contributed by atoms with Crippen LogP contribution >= 0.6 is 7.82 Å². The minimum atomic E-state index is -4.64. The first kappa shape index (κ1) is 32.5. The summed E-state index contributed by atoms with van der Waals surface area (Å²) in [5, 5.41) is 5.00. The highest BCUT2D eigenvalue weighted by molar-refractivity contribution is 7.45. The number of aromatic amines is 1. The molecule has 0 saturated carbocycles. The van der Waals surface area contributed by atoms with Crippen molar-refractivity contribution in [3.8, 4) is 11.3 Å². The van der Waals surface area contributed by atoms with E-state index in [9.17, 15) is 31.5 Å². The van der Waals surface area contributed by atoms with Crippen LogP contribution in [-0.4, -0.2) is 41.4 Å². The number of aromatic nitrogens is 3. The summed E-state index contributed by atoms with van der Waals surface area (Å²) in [7, 11) is -4.64. The number of nitrogens with one attached hydrogen (secondary N) is 3. The first-order chi connectivity index (χ1) is 18.4. The summed E-state index contributed by atoms with van der Waals surface area (Å²) in [6.45, 7) is 4.95. The third kappa shape index (κ3) is 9.79. The molecule has 6 N–H and O–H groups in total. The van der Waals surface area contributed by atoms with Gasteiger partial charge in [0.2, 0.25) is 11.9 Å². The number of hydrogen-bond donors (Lipinski definition) is 6.